The van der Waals surface area contributed by atoms with E-state index in [4.69, 9.17) is 11.0 Å². The zero-order valence-electron chi connectivity index (χ0n) is 11.4. The summed E-state index contributed by atoms with van der Waals surface area (Å²) < 4.78 is 28.7. The minimum absolute atomic E-state index is 0.0273. The van der Waals surface area contributed by atoms with Crippen molar-refractivity contribution in [1.82, 2.24) is 14.3 Å². The number of nitrogen functional groups attached to an aromatic ring is 1. The first-order chi connectivity index (χ1) is 9.94. The van der Waals surface area contributed by atoms with Crippen molar-refractivity contribution in [2.75, 3.05) is 12.3 Å². The molecule has 0 saturated heterocycles. The predicted octanol–water partition coefficient (Wildman–Crippen LogP) is 0.395. The summed E-state index contributed by atoms with van der Waals surface area (Å²) in [5, 5.41) is 9.01. The number of sulfonamides is 1. The zero-order chi connectivity index (χ0) is 15.5. The Morgan fingerprint density at radius 1 is 1.48 bits per heavy atom. The quantitative estimate of drug-likeness (QED) is 0.776. The van der Waals surface area contributed by atoms with Gasteiger partial charge in [-0.3, -0.25) is 0 Å². The minimum atomic E-state index is -3.75. The third-order valence-electron chi connectivity index (χ3n) is 2.98. The van der Waals surface area contributed by atoms with Gasteiger partial charge in [-0.05, 0) is 18.2 Å². The molecule has 0 saturated carbocycles. The van der Waals surface area contributed by atoms with Crippen LogP contribution in [0.1, 0.15) is 11.4 Å². The molecular weight excluding hydrogens is 290 g/mol. The predicted molar refractivity (Wildman–Crippen MR) is 77.7 cm³/mol. The van der Waals surface area contributed by atoms with Crippen molar-refractivity contribution < 1.29 is 8.42 Å². The lowest BCUT2D eigenvalue weighted by atomic mass is 10.2. The topological polar surface area (TPSA) is 114 Å². The highest BCUT2D eigenvalue weighted by atomic mass is 32.2. The highest BCUT2D eigenvalue weighted by molar-refractivity contribution is 7.89. The first-order valence-corrected chi connectivity index (χ1v) is 7.68. The Labute approximate surface area is 123 Å². The molecule has 0 amide bonds. The van der Waals surface area contributed by atoms with Crippen LogP contribution >= 0.6 is 0 Å². The number of imidazole rings is 1. The van der Waals surface area contributed by atoms with Crippen molar-refractivity contribution >= 4 is 15.7 Å². The van der Waals surface area contributed by atoms with Gasteiger partial charge >= 0.3 is 0 Å². The van der Waals surface area contributed by atoms with E-state index < -0.39 is 10.0 Å². The van der Waals surface area contributed by atoms with Crippen molar-refractivity contribution in [3.05, 3.63) is 42.0 Å². The zero-order valence-corrected chi connectivity index (χ0v) is 12.3. The van der Waals surface area contributed by atoms with E-state index in [9.17, 15) is 8.42 Å². The molecule has 0 bridgehead atoms. The molecule has 0 radical (unpaired) electrons. The van der Waals surface area contributed by atoms with Crippen LogP contribution < -0.4 is 10.5 Å². The Hall–Kier alpha value is -2.37. The van der Waals surface area contributed by atoms with Crippen molar-refractivity contribution in [2.24, 2.45) is 7.05 Å². The summed E-state index contributed by atoms with van der Waals surface area (Å²) in [6.45, 7) is 0.197. The summed E-state index contributed by atoms with van der Waals surface area (Å²) >= 11 is 0. The summed E-state index contributed by atoms with van der Waals surface area (Å²) in [6, 6.07) is 5.96. The Morgan fingerprint density at radius 2 is 2.24 bits per heavy atom. The molecule has 1 heterocycles. The number of nitrogens with one attached hydrogen (secondary N) is 1. The van der Waals surface area contributed by atoms with Gasteiger partial charge in [-0.25, -0.2) is 18.1 Å². The SMILES string of the molecule is Cn1ccnc1CCNS(=O)(=O)c1ccc(N)cc1C#N. The van der Waals surface area contributed by atoms with Gasteiger partial charge in [-0.2, -0.15) is 5.26 Å². The molecule has 0 fully saturated rings. The lowest BCUT2D eigenvalue weighted by Crippen LogP contribution is -2.27. The van der Waals surface area contributed by atoms with Gasteiger partial charge in [-0.15, -0.1) is 0 Å². The third kappa shape index (κ3) is 3.39. The van der Waals surface area contributed by atoms with Crippen LogP contribution in [-0.2, 0) is 23.5 Å². The highest BCUT2D eigenvalue weighted by Crippen LogP contribution is 2.17. The fourth-order valence-electron chi connectivity index (χ4n) is 1.88. The maximum atomic E-state index is 12.2. The third-order valence-corrected chi connectivity index (χ3v) is 4.49. The Bertz CT molecular complexity index is 789. The summed E-state index contributed by atoms with van der Waals surface area (Å²) in [5.41, 5.74) is 5.92. The largest absolute Gasteiger partial charge is 0.399 e. The lowest BCUT2D eigenvalue weighted by Gasteiger charge is -2.08. The van der Waals surface area contributed by atoms with Crippen LogP contribution in [0.2, 0.25) is 0 Å². The Balaban J connectivity index is 2.12. The van der Waals surface area contributed by atoms with Crippen LogP contribution in [-0.4, -0.2) is 24.5 Å². The molecule has 1 aromatic carbocycles. The number of aromatic nitrogens is 2. The number of hydrogen-bond donors (Lipinski definition) is 2. The second-order valence-corrected chi connectivity index (χ2v) is 6.20. The molecule has 3 N–H and O–H groups in total. The van der Waals surface area contributed by atoms with E-state index in [0.29, 0.717) is 12.1 Å². The van der Waals surface area contributed by atoms with Gasteiger partial charge < -0.3 is 10.3 Å². The minimum Gasteiger partial charge on any atom is -0.399 e. The van der Waals surface area contributed by atoms with E-state index in [0.717, 1.165) is 5.82 Å². The van der Waals surface area contributed by atoms with Crippen molar-refractivity contribution in [3.8, 4) is 6.07 Å². The Morgan fingerprint density at radius 3 is 2.86 bits per heavy atom. The van der Waals surface area contributed by atoms with Gasteiger partial charge in [-0.1, -0.05) is 0 Å². The molecule has 7 nitrogen and oxygen atoms in total. The van der Waals surface area contributed by atoms with Crippen LogP contribution in [0.25, 0.3) is 0 Å². The second kappa shape index (κ2) is 5.95. The fourth-order valence-corrected chi connectivity index (χ4v) is 3.05. The van der Waals surface area contributed by atoms with E-state index in [-0.39, 0.29) is 17.0 Å². The molecule has 8 heteroatoms. The first-order valence-electron chi connectivity index (χ1n) is 6.19. The van der Waals surface area contributed by atoms with E-state index in [1.54, 1.807) is 12.4 Å². The molecule has 1 aromatic heterocycles. The highest BCUT2D eigenvalue weighted by Gasteiger charge is 2.18. The van der Waals surface area contributed by atoms with E-state index >= 15 is 0 Å². The van der Waals surface area contributed by atoms with Crippen LogP contribution in [0.3, 0.4) is 0 Å². The van der Waals surface area contributed by atoms with Crippen molar-refractivity contribution in [2.45, 2.75) is 11.3 Å². The maximum Gasteiger partial charge on any atom is 0.241 e. The van der Waals surface area contributed by atoms with Gasteiger partial charge in [0.25, 0.3) is 0 Å². The molecule has 0 unspecified atom stereocenters. The van der Waals surface area contributed by atoms with E-state index in [2.05, 4.69) is 9.71 Å². The van der Waals surface area contributed by atoms with Gasteiger partial charge in [0.15, 0.2) is 0 Å². The molecule has 2 rings (SSSR count). The smallest absolute Gasteiger partial charge is 0.241 e. The number of hydrogen-bond acceptors (Lipinski definition) is 5. The second-order valence-electron chi connectivity index (χ2n) is 4.47. The molecule has 0 aliphatic heterocycles. The average molecular weight is 305 g/mol. The van der Waals surface area contributed by atoms with Crippen LogP contribution in [0.4, 0.5) is 5.69 Å². The molecule has 21 heavy (non-hydrogen) atoms. The lowest BCUT2D eigenvalue weighted by molar-refractivity contribution is 0.580. The molecule has 0 spiro atoms. The van der Waals surface area contributed by atoms with E-state index in [1.807, 2.05) is 17.7 Å². The Kier molecular flexibility index (Phi) is 4.26. The number of anilines is 1. The number of nitrogens with zero attached hydrogens (tertiary/aromatic N) is 3. The van der Waals surface area contributed by atoms with Crippen molar-refractivity contribution in [3.63, 3.8) is 0 Å². The van der Waals surface area contributed by atoms with E-state index in [1.165, 1.54) is 18.2 Å². The molecule has 0 atom stereocenters. The standard InChI is InChI=1S/C13H15N5O2S/c1-18-7-6-16-13(18)4-5-17-21(19,20)12-3-2-11(15)8-10(12)9-14/h2-3,6-8,17H,4-5,15H2,1H3. The summed E-state index contributed by atoms with van der Waals surface area (Å²) in [6.07, 6.45) is 3.90. The number of benzene rings is 1. The molecule has 2 aromatic rings. The van der Waals surface area contributed by atoms with Crippen LogP contribution in [0.15, 0.2) is 35.5 Å². The number of nitrogens with two attached hydrogens (primary N) is 1. The molecule has 110 valence electrons. The fraction of sp³-hybridized carbons (Fsp3) is 0.231. The van der Waals surface area contributed by atoms with Gasteiger partial charge in [0.05, 0.1) is 10.5 Å². The molecule has 0 aliphatic carbocycles. The first kappa shape index (κ1) is 15.0. The average Bonchev–Trinajstić information content (AvgIpc) is 2.84. The van der Waals surface area contributed by atoms with Gasteiger partial charge in [0.1, 0.15) is 11.9 Å². The number of rotatable bonds is 5. The summed E-state index contributed by atoms with van der Waals surface area (Å²) in [7, 11) is -1.91. The number of nitriles is 1. The molecular formula is C13H15N5O2S. The van der Waals surface area contributed by atoms with Crippen LogP contribution in [0, 0.1) is 11.3 Å². The normalized spacial score (nSPS) is 11.2. The number of aryl methyl sites for hydroxylation is 1. The van der Waals surface area contributed by atoms with Gasteiger partial charge in [0.2, 0.25) is 10.0 Å². The summed E-state index contributed by atoms with van der Waals surface area (Å²) in [4.78, 5) is 4.04. The van der Waals surface area contributed by atoms with Crippen LogP contribution in [0.5, 0.6) is 0 Å². The monoisotopic (exact) mass is 305 g/mol. The summed E-state index contributed by atoms with van der Waals surface area (Å²) in [5.74, 6) is 0.774. The van der Waals surface area contributed by atoms with Gasteiger partial charge in [0, 0.05) is 38.1 Å². The maximum absolute atomic E-state index is 12.2. The van der Waals surface area contributed by atoms with Crippen molar-refractivity contribution in [1.29, 1.82) is 5.26 Å². The molecule has 0 aliphatic rings.